The molecule has 0 aliphatic carbocycles. The Bertz CT molecular complexity index is 1020. The number of carbonyl (C=O) groups is 1. The molecule has 2 aromatic carbocycles. The maximum absolute atomic E-state index is 12.8. The number of para-hydroxylation sites is 1. The topological polar surface area (TPSA) is 80.5 Å². The Morgan fingerprint density at radius 1 is 1.18 bits per heavy atom. The maximum Gasteiger partial charge on any atom is 0.241 e. The van der Waals surface area contributed by atoms with Gasteiger partial charge in [0.05, 0.1) is 19.1 Å². The number of piperidine rings is 1. The second-order valence-electron chi connectivity index (χ2n) is 8.39. The highest BCUT2D eigenvalue weighted by Crippen LogP contribution is 2.21. The Morgan fingerprint density at radius 3 is 2.85 bits per heavy atom. The minimum Gasteiger partial charge on any atom is -0.494 e. The lowest BCUT2D eigenvalue weighted by molar-refractivity contribution is -0.126. The zero-order chi connectivity index (χ0) is 22.9. The van der Waals surface area contributed by atoms with Gasteiger partial charge >= 0.3 is 0 Å². The van der Waals surface area contributed by atoms with Crippen LogP contribution in [0.5, 0.6) is 5.75 Å². The summed E-state index contributed by atoms with van der Waals surface area (Å²) in [6.45, 7) is 5.52. The van der Waals surface area contributed by atoms with Crippen LogP contribution in [-0.2, 0) is 17.8 Å². The van der Waals surface area contributed by atoms with Crippen LogP contribution in [0.1, 0.15) is 37.6 Å². The van der Waals surface area contributed by atoms with Crippen molar-refractivity contribution < 1.29 is 14.1 Å². The third-order valence-corrected chi connectivity index (χ3v) is 5.93. The number of rotatable bonds is 10. The van der Waals surface area contributed by atoms with Crippen LogP contribution >= 0.6 is 0 Å². The van der Waals surface area contributed by atoms with Crippen LogP contribution in [0.15, 0.2) is 59.1 Å². The zero-order valence-electron chi connectivity index (χ0n) is 19.2. The molecule has 1 aliphatic heterocycles. The zero-order valence-corrected chi connectivity index (χ0v) is 19.2. The first-order valence-electron chi connectivity index (χ1n) is 11.8. The van der Waals surface area contributed by atoms with Gasteiger partial charge in [-0.25, -0.2) is 0 Å². The van der Waals surface area contributed by atoms with E-state index in [2.05, 4.69) is 26.4 Å². The van der Waals surface area contributed by atoms with Crippen molar-refractivity contribution in [2.75, 3.05) is 26.2 Å². The van der Waals surface area contributed by atoms with Gasteiger partial charge in [-0.1, -0.05) is 53.7 Å². The summed E-state index contributed by atoms with van der Waals surface area (Å²) in [6.07, 6.45) is 3.67. The Kier molecular flexibility index (Phi) is 8.09. The molecule has 1 amide bonds. The summed E-state index contributed by atoms with van der Waals surface area (Å²) < 4.78 is 11.1. The van der Waals surface area contributed by atoms with Crippen LogP contribution in [0.25, 0.3) is 11.4 Å². The molecular weight excluding hydrogens is 416 g/mol. The number of likely N-dealkylation sites (tertiary alicyclic amines) is 1. The van der Waals surface area contributed by atoms with Gasteiger partial charge in [0.15, 0.2) is 0 Å². The van der Waals surface area contributed by atoms with E-state index in [-0.39, 0.29) is 11.8 Å². The lowest BCUT2D eigenvalue weighted by atomic mass is 9.97. The molecule has 1 fully saturated rings. The predicted molar refractivity (Wildman–Crippen MR) is 127 cm³/mol. The van der Waals surface area contributed by atoms with Crippen molar-refractivity contribution in [2.45, 2.75) is 39.2 Å². The molecule has 174 valence electrons. The Labute approximate surface area is 195 Å². The molecule has 33 heavy (non-hydrogen) atoms. The monoisotopic (exact) mass is 448 g/mol. The van der Waals surface area contributed by atoms with E-state index >= 15 is 0 Å². The number of nitrogens with zero attached hydrogens (tertiary/aromatic N) is 3. The van der Waals surface area contributed by atoms with Crippen molar-refractivity contribution in [1.29, 1.82) is 0 Å². The number of benzene rings is 2. The molecule has 1 unspecified atom stereocenters. The van der Waals surface area contributed by atoms with Crippen LogP contribution < -0.4 is 10.1 Å². The molecule has 4 rings (SSSR count). The van der Waals surface area contributed by atoms with E-state index in [4.69, 9.17) is 9.26 Å². The van der Waals surface area contributed by atoms with E-state index in [1.165, 1.54) is 5.56 Å². The van der Waals surface area contributed by atoms with E-state index in [1.54, 1.807) is 0 Å². The third kappa shape index (κ3) is 6.42. The average molecular weight is 449 g/mol. The number of ether oxygens (including phenoxy) is 1. The summed E-state index contributed by atoms with van der Waals surface area (Å²) >= 11 is 0. The van der Waals surface area contributed by atoms with Crippen molar-refractivity contribution in [1.82, 2.24) is 20.4 Å². The van der Waals surface area contributed by atoms with Crippen molar-refractivity contribution in [3.63, 3.8) is 0 Å². The van der Waals surface area contributed by atoms with Crippen molar-refractivity contribution in [3.05, 3.63) is 66.1 Å². The van der Waals surface area contributed by atoms with Crippen LogP contribution in [0.3, 0.4) is 0 Å². The van der Waals surface area contributed by atoms with Gasteiger partial charge in [0.25, 0.3) is 0 Å². The Morgan fingerprint density at radius 2 is 2.00 bits per heavy atom. The van der Waals surface area contributed by atoms with E-state index in [1.807, 2.05) is 55.5 Å². The minimum absolute atomic E-state index is 0.00836. The van der Waals surface area contributed by atoms with Crippen LogP contribution in [0.2, 0.25) is 0 Å². The first-order chi connectivity index (χ1) is 16.2. The van der Waals surface area contributed by atoms with Gasteiger partial charge in [-0.3, -0.25) is 9.69 Å². The highest BCUT2D eigenvalue weighted by Gasteiger charge is 2.26. The van der Waals surface area contributed by atoms with Crippen molar-refractivity contribution in [3.8, 4) is 17.1 Å². The van der Waals surface area contributed by atoms with Crippen LogP contribution in [0, 0.1) is 5.92 Å². The molecule has 1 atom stereocenters. The first-order valence-corrected chi connectivity index (χ1v) is 11.8. The van der Waals surface area contributed by atoms with E-state index < -0.39 is 0 Å². The van der Waals surface area contributed by atoms with E-state index in [0.717, 1.165) is 43.5 Å². The fraction of sp³-hybridized carbons (Fsp3) is 0.423. The number of nitrogens with one attached hydrogen (secondary N) is 1. The second kappa shape index (κ2) is 11.6. The number of aryl methyl sites for hydroxylation is 1. The molecule has 0 spiro atoms. The van der Waals surface area contributed by atoms with Crippen molar-refractivity contribution in [2.24, 2.45) is 5.92 Å². The second-order valence-corrected chi connectivity index (χ2v) is 8.39. The van der Waals surface area contributed by atoms with Gasteiger partial charge in [0, 0.05) is 18.7 Å². The number of hydrogen-bond acceptors (Lipinski definition) is 6. The molecular formula is C26H32N4O3. The number of carbonyl (C=O) groups excluding carboxylic acids is 1. The van der Waals surface area contributed by atoms with E-state index in [0.29, 0.717) is 38.0 Å². The summed E-state index contributed by atoms with van der Waals surface area (Å²) in [5.41, 5.74) is 2.12. The fourth-order valence-corrected chi connectivity index (χ4v) is 4.27. The molecule has 7 heteroatoms. The maximum atomic E-state index is 12.8. The van der Waals surface area contributed by atoms with Gasteiger partial charge in [-0.2, -0.15) is 4.98 Å². The first kappa shape index (κ1) is 23.0. The highest BCUT2D eigenvalue weighted by molar-refractivity contribution is 5.78. The summed E-state index contributed by atoms with van der Waals surface area (Å²) in [4.78, 5) is 19.5. The lowest BCUT2D eigenvalue weighted by Gasteiger charge is -2.30. The normalized spacial score (nSPS) is 16.5. The number of amides is 1. The smallest absolute Gasteiger partial charge is 0.241 e. The molecule has 3 aromatic rings. The Hall–Kier alpha value is -3.19. The molecule has 0 saturated carbocycles. The largest absolute Gasteiger partial charge is 0.494 e. The summed E-state index contributed by atoms with van der Waals surface area (Å²) in [5.74, 6) is 2.25. The number of aromatic nitrogens is 2. The molecule has 7 nitrogen and oxygen atoms in total. The van der Waals surface area contributed by atoms with Crippen LogP contribution in [0.4, 0.5) is 0 Å². The highest BCUT2D eigenvalue weighted by atomic mass is 16.5. The molecule has 2 heterocycles. The molecule has 0 bridgehead atoms. The van der Waals surface area contributed by atoms with Crippen LogP contribution in [-0.4, -0.2) is 47.2 Å². The van der Waals surface area contributed by atoms with Gasteiger partial charge in [0.2, 0.25) is 17.6 Å². The quantitative estimate of drug-likeness (QED) is 0.471. The SMILES string of the molecule is CCOc1ccccc1CCCNC(=O)C1CCCN(Cc2nc(-c3ccccc3)no2)C1. The Balaban J connectivity index is 1.22. The van der Waals surface area contributed by atoms with Gasteiger partial charge < -0.3 is 14.6 Å². The standard InChI is InChI=1S/C26H32N4O3/c1-2-32-23-15-7-6-10-20(23)13-8-16-27-26(31)22-14-9-17-30(18-22)19-24-28-25(29-33-24)21-11-4-3-5-12-21/h3-7,10-12,15,22H,2,8-9,13-14,16-19H2,1H3,(H,27,31). The number of hydrogen-bond donors (Lipinski definition) is 1. The molecule has 1 aromatic heterocycles. The molecule has 1 N–H and O–H groups in total. The molecule has 0 radical (unpaired) electrons. The average Bonchev–Trinajstić information content (AvgIpc) is 3.32. The summed E-state index contributed by atoms with van der Waals surface area (Å²) in [7, 11) is 0. The molecule has 1 saturated heterocycles. The molecule has 1 aliphatic rings. The lowest BCUT2D eigenvalue weighted by Crippen LogP contribution is -2.43. The summed E-state index contributed by atoms with van der Waals surface area (Å²) in [5, 5.41) is 7.22. The summed E-state index contributed by atoms with van der Waals surface area (Å²) in [6, 6.07) is 17.9. The fourth-order valence-electron chi connectivity index (χ4n) is 4.27. The van der Waals surface area contributed by atoms with Crippen molar-refractivity contribution >= 4 is 5.91 Å². The van der Waals surface area contributed by atoms with E-state index in [9.17, 15) is 4.79 Å². The van der Waals surface area contributed by atoms with Gasteiger partial charge in [-0.15, -0.1) is 0 Å². The predicted octanol–water partition coefficient (Wildman–Crippen LogP) is 4.10. The van der Waals surface area contributed by atoms with Gasteiger partial charge in [-0.05, 0) is 50.8 Å². The third-order valence-electron chi connectivity index (χ3n) is 5.93. The minimum atomic E-state index is -0.00836. The van der Waals surface area contributed by atoms with Gasteiger partial charge in [0.1, 0.15) is 5.75 Å².